The number of benzene rings is 2. The second kappa shape index (κ2) is 8.80. The van der Waals surface area contributed by atoms with E-state index in [0.717, 1.165) is 13.1 Å². The Labute approximate surface area is 175 Å². The van der Waals surface area contributed by atoms with Gasteiger partial charge in [-0.25, -0.2) is 8.42 Å². The number of anilines is 1. The molecule has 150 valence electrons. The van der Waals surface area contributed by atoms with Crippen LogP contribution in [0.3, 0.4) is 0 Å². The minimum absolute atomic E-state index is 0.0846. The number of amides is 1. The van der Waals surface area contributed by atoms with E-state index < -0.39 is 10.0 Å². The predicted molar refractivity (Wildman–Crippen MR) is 113 cm³/mol. The molecule has 0 spiro atoms. The second-order valence-corrected chi connectivity index (χ2v) is 9.55. The fourth-order valence-corrected chi connectivity index (χ4v) is 4.76. The lowest BCUT2D eigenvalue weighted by Gasteiger charge is -2.31. The maximum atomic E-state index is 12.6. The first-order valence-electron chi connectivity index (χ1n) is 8.76. The average molecular weight is 442 g/mol. The van der Waals surface area contributed by atoms with E-state index in [4.69, 9.17) is 23.2 Å². The summed E-state index contributed by atoms with van der Waals surface area (Å²) in [4.78, 5) is 14.5. The van der Waals surface area contributed by atoms with Gasteiger partial charge in [-0.2, -0.15) is 4.31 Å². The number of nitrogens with zero attached hydrogens (tertiary/aromatic N) is 2. The molecular weight excluding hydrogens is 421 g/mol. The van der Waals surface area contributed by atoms with Gasteiger partial charge in [0, 0.05) is 36.8 Å². The van der Waals surface area contributed by atoms with Gasteiger partial charge in [0.15, 0.2) is 0 Å². The van der Waals surface area contributed by atoms with Crippen molar-refractivity contribution in [1.82, 2.24) is 9.21 Å². The number of hydrogen-bond donors (Lipinski definition) is 1. The van der Waals surface area contributed by atoms with E-state index in [0.29, 0.717) is 39.9 Å². The summed E-state index contributed by atoms with van der Waals surface area (Å²) in [6, 6.07) is 11.3. The highest BCUT2D eigenvalue weighted by molar-refractivity contribution is 7.88. The van der Waals surface area contributed by atoms with Crippen molar-refractivity contribution in [2.75, 3.05) is 38.5 Å². The van der Waals surface area contributed by atoms with E-state index in [9.17, 15) is 13.2 Å². The van der Waals surface area contributed by atoms with Crippen LogP contribution >= 0.6 is 23.2 Å². The summed E-state index contributed by atoms with van der Waals surface area (Å²) in [5.74, 6) is -0.434. The van der Waals surface area contributed by atoms with E-state index in [-0.39, 0.29) is 11.7 Å². The average Bonchev–Trinajstić information content (AvgIpc) is 2.65. The highest BCUT2D eigenvalue weighted by Crippen LogP contribution is 2.26. The molecule has 1 N–H and O–H groups in total. The molecule has 1 fully saturated rings. The van der Waals surface area contributed by atoms with Crippen molar-refractivity contribution in [3.63, 3.8) is 0 Å². The molecule has 0 unspecified atom stereocenters. The fraction of sp³-hybridized carbons (Fsp3) is 0.316. The third-order valence-electron chi connectivity index (χ3n) is 4.60. The molecular formula is C19H21Cl2N3O3S. The van der Waals surface area contributed by atoms with Gasteiger partial charge < -0.3 is 10.2 Å². The molecule has 0 aliphatic carbocycles. The first-order valence-corrected chi connectivity index (χ1v) is 11.1. The first-order chi connectivity index (χ1) is 13.2. The van der Waals surface area contributed by atoms with Gasteiger partial charge in [0.05, 0.1) is 16.5 Å². The highest BCUT2D eigenvalue weighted by atomic mass is 35.5. The van der Waals surface area contributed by atoms with E-state index in [1.807, 2.05) is 7.05 Å². The summed E-state index contributed by atoms with van der Waals surface area (Å²) in [5, 5.41) is 3.55. The Balaban J connectivity index is 1.66. The molecule has 1 saturated heterocycles. The first kappa shape index (κ1) is 21.1. The zero-order valence-corrected chi connectivity index (χ0v) is 17.7. The molecule has 28 heavy (non-hydrogen) atoms. The third-order valence-corrected chi connectivity index (χ3v) is 7.01. The molecule has 1 aliphatic rings. The lowest BCUT2D eigenvalue weighted by Crippen LogP contribution is -2.47. The van der Waals surface area contributed by atoms with Crippen LogP contribution < -0.4 is 5.32 Å². The van der Waals surface area contributed by atoms with Crippen LogP contribution in [0.25, 0.3) is 0 Å². The Morgan fingerprint density at radius 3 is 2.32 bits per heavy atom. The van der Waals surface area contributed by atoms with Crippen LogP contribution in [0.1, 0.15) is 15.9 Å². The van der Waals surface area contributed by atoms with E-state index in [1.165, 1.54) is 4.31 Å². The molecule has 0 saturated carbocycles. The number of rotatable bonds is 5. The van der Waals surface area contributed by atoms with Crippen molar-refractivity contribution in [3.8, 4) is 0 Å². The molecule has 0 aromatic heterocycles. The Bertz CT molecular complexity index is 957. The maximum absolute atomic E-state index is 12.6. The Morgan fingerprint density at radius 2 is 1.68 bits per heavy atom. The Hall–Kier alpha value is -1.64. The summed E-state index contributed by atoms with van der Waals surface area (Å²) in [7, 11) is -1.40. The van der Waals surface area contributed by atoms with Gasteiger partial charge in [-0.05, 0) is 42.9 Å². The van der Waals surface area contributed by atoms with Crippen LogP contribution in [0.4, 0.5) is 5.69 Å². The van der Waals surface area contributed by atoms with Gasteiger partial charge in [-0.1, -0.05) is 35.3 Å². The standard InChI is InChI=1S/C19H21Cl2N3O3S/c1-23-8-10-24(11-9-23)28(26,27)13-14-2-4-15(5-3-14)19(25)22-18-12-16(20)6-7-17(18)21/h2-7,12H,8-11,13H2,1H3,(H,22,25). The van der Waals surface area contributed by atoms with Crippen LogP contribution in [-0.2, 0) is 15.8 Å². The number of piperazine rings is 1. The topological polar surface area (TPSA) is 69.7 Å². The van der Waals surface area contributed by atoms with E-state index >= 15 is 0 Å². The van der Waals surface area contributed by atoms with Crippen molar-refractivity contribution >= 4 is 44.8 Å². The molecule has 9 heteroatoms. The van der Waals surface area contributed by atoms with Gasteiger partial charge in [0.1, 0.15) is 0 Å². The molecule has 0 radical (unpaired) electrons. The Kier molecular flexibility index (Phi) is 6.62. The monoisotopic (exact) mass is 441 g/mol. The molecule has 0 bridgehead atoms. The number of nitrogens with one attached hydrogen (secondary N) is 1. The zero-order chi connectivity index (χ0) is 20.3. The largest absolute Gasteiger partial charge is 0.321 e. The summed E-state index contributed by atoms with van der Waals surface area (Å²) in [6.45, 7) is 2.45. The quantitative estimate of drug-likeness (QED) is 0.772. The molecule has 2 aromatic rings. The molecule has 0 atom stereocenters. The minimum Gasteiger partial charge on any atom is -0.321 e. The van der Waals surface area contributed by atoms with Crippen LogP contribution in [-0.4, -0.2) is 56.8 Å². The zero-order valence-electron chi connectivity index (χ0n) is 15.4. The fourth-order valence-electron chi connectivity index (χ4n) is 2.91. The molecule has 1 amide bonds. The number of halogens is 2. The van der Waals surface area contributed by atoms with Gasteiger partial charge in [-0.3, -0.25) is 4.79 Å². The summed E-state index contributed by atoms with van der Waals surface area (Å²) >= 11 is 12.0. The van der Waals surface area contributed by atoms with Gasteiger partial charge in [0.25, 0.3) is 5.91 Å². The smallest absolute Gasteiger partial charge is 0.255 e. The highest BCUT2D eigenvalue weighted by Gasteiger charge is 2.25. The molecule has 3 rings (SSSR count). The normalized spacial score (nSPS) is 16.1. The molecule has 1 heterocycles. The third kappa shape index (κ3) is 5.24. The van der Waals surface area contributed by atoms with E-state index in [1.54, 1.807) is 42.5 Å². The second-order valence-electron chi connectivity index (χ2n) is 6.73. The molecule has 6 nitrogen and oxygen atoms in total. The van der Waals surface area contributed by atoms with Gasteiger partial charge in [-0.15, -0.1) is 0 Å². The van der Waals surface area contributed by atoms with Crippen LogP contribution in [0, 0.1) is 0 Å². The van der Waals surface area contributed by atoms with Crippen molar-refractivity contribution in [2.45, 2.75) is 5.75 Å². The number of carbonyl (C=O) groups is 1. The lowest BCUT2D eigenvalue weighted by atomic mass is 10.1. The summed E-state index contributed by atoms with van der Waals surface area (Å²) in [6.07, 6.45) is 0. The van der Waals surface area contributed by atoms with Crippen molar-refractivity contribution in [2.24, 2.45) is 0 Å². The SMILES string of the molecule is CN1CCN(S(=O)(=O)Cc2ccc(C(=O)Nc3cc(Cl)ccc3Cl)cc2)CC1. The van der Waals surface area contributed by atoms with Gasteiger partial charge in [0.2, 0.25) is 10.0 Å². The number of hydrogen-bond acceptors (Lipinski definition) is 4. The summed E-state index contributed by atoms with van der Waals surface area (Å²) in [5.41, 5.74) is 1.45. The van der Waals surface area contributed by atoms with Crippen molar-refractivity contribution < 1.29 is 13.2 Å². The van der Waals surface area contributed by atoms with Crippen LogP contribution in [0.15, 0.2) is 42.5 Å². The predicted octanol–water partition coefficient (Wildman–Crippen LogP) is 3.32. The molecule has 1 aliphatic heterocycles. The van der Waals surface area contributed by atoms with E-state index in [2.05, 4.69) is 10.2 Å². The number of sulfonamides is 1. The summed E-state index contributed by atoms with van der Waals surface area (Å²) < 4.78 is 26.7. The maximum Gasteiger partial charge on any atom is 0.255 e. The lowest BCUT2D eigenvalue weighted by molar-refractivity contribution is 0.102. The van der Waals surface area contributed by atoms with Crippen LogP contribution in [0.2, 0.25) is 10.0 Å². The molecule has 2 aromatic carbocycles. The number of likely N-dealkylation sites (N-methyl/N-ethyl adjacent to an activating group) is 1. The van der Waals surface area contributed by atoms with Gasteiger partial charge >= 0.3 is 0 Å². The minimum atomic E-state index is -3.38. The van der Waals surface area contributed by atoms with Crippen molar-refractivity contribution in [1.29, 1.82) is 0 Å². The van der Waals surface area contributed by atoms with Crippen LogP contribution in [0.5, 0.6) is 0 Å². The van der Waals surface area contributed by atoms with Crippen molar-refractivity contribution in [3.05, 3.63) is 63.6 Å². The Morgan fingerprint density at radius 1 is 1.04 bits per heavy atom. The number of carbonyl (C=O) groups excluding carboxylic acids is 1.